The Hall–Kier alpha value is -0.750. The third kappa shape index (κ3) is 5.03. The lowest BCUT2D eigenvalue weighted by Crippen LogP contribution is -2.28. The Morgan fingerprint density at radius 2 is 2.21 bits per heavy atom. The fourth-order valence-corrected chi connectivity index (χ4v) is 2.89. The molecule has 0 aliphatic heterocycles. The van der Waals surface area contributed by atoms with Gasteiger partial charge in [0.2, 0.25) is 0 Å². The number of carboxylic acid groups (broad SMARTS) is 1. The summed E-state index contributed by atoms with van der Waals surface area (Å²) in [5.74, 6) is 0.371. The zero-order valence-electron chi connectivity index (χ0n) is 11.7. The quantitative estimate of drug-likeness (QED) is 0.684. The van der Waals surface area contributed by atoms with E-state index in [9.17, 15) is 4.79 Å². The van der Waals surface area contributed by atoms with Gasteiger partial charge < -0.3 is 10.4 Å². The Kier molecular flexibility index (Phi) is 6.65. The van der Waals surface area contributed by atoms with E-state index >= 15 is 0 Å². The fraction of sp³-hybridized carbons (Fsp3) is 0.692. The number of anilines is 1. The Morgan fingerprint density at radius 3 is 2.84 bits per heavy atom. The minimum Gasteiger partial charge on any atom is -0.481 e. The van der Waals surface area contributed by atoms with Crippen molar-refractivity contribution in [3.63, 3.8) is 0 Å². The van der Waals surface area contributed by atoms with Gasteiger partial charge in [0.05, 0.1) is 5.69 Å². The molecule has 0 spiro atoms. The maximum Gasteiger partial charge on any atom is 0.315 e. The van der Waals surface area contributed by atoms with Crippen LogP contribution in [0.1, 0.15) is 38.8 Å². The van der Waals surface area contributed by atoms with Crippen molar-refractivity contribution in [1.29, 1.82) is 0 Å². The van der Waals surface area contributed by atoms with Crippen molar-refractivity contribution in [2.24, 2.45) is 0 Å². The van der Waals surface area contributed by atoms with E-state index in [1.54, 1.807) is 13.8 Å². The predicted molar refractivity (Wildman–Crippen MR) is 83.5 cm³/mol. The van der Waals surface area contributed by atoms with E-state index in [0.717, 1.165) is 18.1 Å². The van der Waals surface area contributed by atoms with Gasteiger partial charge in [-0.05, 0) is 38.7 Å². The third-order valence-corrected chi connectivity index (χ3v) is 4.48. The number of aliphatic carboxylic acids is 1. The maximum absolute atomic E-state index is 11.1. The van der Waals surface area contributed by atoms with Crippen molar-refractivity contribution in [2.75, 3.05) is 23.9 Å². The average molecular weight is 302 g/mol. The molecule has 6 heteroatoms. The second-order valence-corrected chi connectivity index (χ2v) is 6.79. The molecule has 4 nitrogen and oxygen atoms in total. The summed E-state index contributed by atoms with van der Waals surface area (Å²) in [4.78, 5) is 15.5. The molecule has 19 heavy (non-hydrogen) atoms. The lowest BCUT2D eigenvalue weighted by molar-refractivity contribution is -0.142. The maximum atomic E-state index is 11.1. The van der Waals surface area contributed by atoms with Crippen LogP contribution in [0.4, 0.5) is 5.13 Å². The van der Waals surface area contributed by atoms with E-state index in [0.29, 0.717) is 5.69 Å². The molecule has 0 atom stereocenters. The number of hydrogen-bond acceptors (Lipinski definition) is 5. The molecule has 0 aromatic carbocycles. The number of thioether (sulfide) groups is 1. The molecule has 0 fully saturated rings. The number of nitrogens with zero attached hydrogens (tertiary/aromatic N) is 1. The molecule has 1 rings (SSSR count). The van der Waals surface area contributed by atoms with Gasteiger partial charge in [0.1, 0.15) is 5.41 Å². The molecule has 0 radical (unpaired) electrons. The van der Waals surface area contributed by atoms with Crippen LogP contribution in [0.25, 0.3) is 0 Å². The van der Waals surface area contributed by atoms with Gasteiger partial charge in [0.15, 0.2) is 5.13 Å². The Morgan fingerprint density at radius 1 is 1.47 bits per heavy atom. The van der Waals surface area contributed by atoms with E-state index in [2.05, 4.69) is 16.6 Å². The first-order valence-electron chi connectivity index (χ1n) is 6.40. The summed E-state index contributed by atoms with van der Waals surface area (Å²) in [6, 6.07) is 0. The number of thiazole rings is 1. The van der Waals surface area contributed by atoms with E-state index in [1.165, 1.54) is 29.9 Å². The summed E-state index contributed by atoms with van der Waals surface area (Å²) in [5, 5.41) is 15.0. The van der Waals surface area contributed by atoms with Crippen molar-refractivity contribution >= 4 is 34.2 Å². The summed E-state index contributed by atoms with van der Waals surface area (Å²) in [7, 11) is 0. The minimum atomic E-state index is -0.922. The molecular formula is C13H22N2O2S2. The number of aromatic nitrogens is 1. The number of unbranched alkanes of at least 4 members (excludes halogenated alkanes) is 2. The first kappa shape index (κ1) is 16.3. The van der Waals surface area contributed by atoms with E-state index in [4.69, 9.17) is 5.11 Å². The van der Waals surface area contributed by atoms with Crippen LogP contribution in [0.5, 0.6) is 0 Å². The van der Waals surface area contributed by atoms with Gasteiger partial charge in [0, 0.05) is 11.9 Å². The molecule has 0 unspecified atom stereocenters. The molecule has 1 heterocycles. The zero-order chi connectivity index (χ0) is 14.3. The van der Waals surface area contributed by atoms with Crippen LogP contribution in [0.3, 0.4) is 0 Å². The standard InChI is InChI=1S/C13H22N2O2S2/c1-13(2,11(16)17)10-9-19-12(15-10)14-7-5-4-6-8-18-3/h9H,4-8H2,1-3H3,(H,14,15)(H,16,17). The van der Waals surface area contributed by atoms with Crippen LogP contribution in [-0.2, 0) is 10.2 Å². The second-order valence-electron chi connectivity index (χ2n) is 4.95. The predicted octanol–water partition coefficient (Wildman–Crippen LogP) is 3.45. The van der Waals surface area contributed by atoms with Crippen LogP contribution >= 0.6 is 23.1 Å². The monoisotopic (exact) mass is 302 g/mol. The number of hydrogen-bond donors (Lipinski definition) is 2. The van der Waals surface area contributed by atoms with Crippen molar-refractivity contribution in [3.8, 4) is 0 Å². The molecular weight excluding hydrogens is 280 g/mol. The summed E-state index contributed by atoms with van der Waals surface area (Å²) in [6.45, 7) is 4.25. The van der Waals surface area contributed by atoms with Crippen LogP contribution < -0.4 is 5.32 Å². The molecule has 0 amide bonds. The lowest BCUT2D eigenvalue weighted by atomic mass is 9.90. The number of rotatable bonds is 9. The highest BCUT2D eigenvalue weighted by molar-refractivity contribution is 7.98. The van der Waals surface area contributed by atoms with Gasteiger partial charge in [-0.15, -0.1) is 11.3 Å². The molecule has 2 N–H and O–H groups in total. The van der Waals surface area contributed by atoms with E-state index in [1.807, 2.05) is 17.1 Å². The highest BCUT2D eigenvalue weighted by atomic mass is 32.2. The van der Waals surface area contributed by atoms with Crippen molar-refractivity contribution in [2.45, 2.75) is 38.5 Å². The van der Waals surface area contributed by atoms with Gasteiger partial charge in [0.25, 0.3) is 0 Å². The Bertz CT molecular complexity index is 405. The van der Waals surface area contributed by atoms with Crippen molar-refractivity contribution in [3.05, 3.63) is 11.1 Å². The smallest absolute Gasteiger partial charge is 0.315 e. The first-order chi connectivity index (χ1) is 8.98. The third-order valence-electron chi connectivity index (χ3n) is 2.98. The minimum absolute atomic E-state index is 0.620. The molecule has 0 saturated carbocycles. The van der Waals surface area contributed by atoms with E-state index < -0.39 is 11.4 Å². The summed E-state index contributed by atoms with van der Waals surface area (Å²) < 4.78 is 0. The van der Waals surface area contributed by atoms with Gasteiger partial charge in [-0.2, -0.15) is 11.8 Å². The normalized spacial score (nSPS) is 11.5. The lowest BCUT2D eigenvalue weighted by Gasteiger charge is -2.15. The SMILES string of the molecule is CSCCCCCNc1nc(C(C)(C)C(=O)O)cs1. The molecule has 0 saturated heterocycles. The first-order valence-corrected chi connectivity index (χ1v) is 8.68. The van der Waals surface area contributed by atoms with Crippen molar-refractivity contribution in [1.82, 2.24) is 4.98 Å². The van der Waals surface area contributed by atoms with Crippen LogP contribution in [-0.4, -0.2) is 34.6 Å². The molecule has 108 valence electrons. The second kappa shape index (κ2) is 7.75. The van der Waals surface area contributed by atoms with Crippen molar-refractivity contribution < 1.29 is 9.90 Å². The van der Waals surface area contributed by atoms with Crippen LogP contribution in [0.2, 0.25) is 0 Å². The molecule has 1 aromatic heterocycles. The molecule has 0 aliphatic carbocycles. The molecule has 0 bridgehead atoms. The van der Waals surface area contributed by atoms with Crippen LogP contribution in [0.15, 0.2) is 5.38 Å². The topological polar surface area (TPSA) is 62.2 Å². The number of nitrogens with one attached hydrogen (secondary N) is 1. The van der Waals surface area contributed by atoms with Gasteiger partial charge in [-0.3, -0.25) is 4.79 Å². The Balaban J connectivity index is 2.37. The Labute approximate surface area is 123 Å². The highest BCUT2D eigenvalue weighted by Gasteiger charge is 2.32. The largest absolute Gasteiger partial charge is 0.481 e. The molecule has 0 aliphatic rings. The van der Waals surface area contributed by atoms with Crippen LogP contribution in [0, 0.1) is 0 Å². The van der Waals surface area contributed by atoms with Gasteiger partial charge in [-0.25, -0.2) is 4.98 Å². The number of carboxylic acids is 1. The molecule has 1 aromatic rings. The van der Waals surface area contributed by atoms with E-state index in [-0.39, 0.29) is 0 Å². The fourth-order valence-electron chi connectivity index (χ4n) is 1.50. The highest BCUT2D eigenvalue weighted by Crippen LogP contribution is 2.27. The zero-order valence-corrected chi connectivity index (χ0v) is 13.4. The van der Waals surface area contributed by atoms with Gasteiger partial charge >= 0.3 is 5.97 Å². The van der Waals surface area contributed by atoms with Gasteiger partial charge in [-0.1, -0.05) is 6.42 Å². The average Bonchev–Trinajstić information content (AvgIpc) is 2.82. The summed E-state index contributed by atoms with van der Waals surface area (Å²) in [6.07, 6.45) is 5.71. The summed E-state index contributed by atoms with van der Waals surface area (Å²) >= 11 is 3.35. The summed E-state index contributed by atoms with van der Waals surface area (Å²) in [5.41, 5.74) is -0.302. The number of carbonyl (C=O) groups is 1.